The Morgan fingerprint density at radius 2 is 2.11 bits per heavy atom. The van der Waals surface area contributed by atoms with E-state index in [1.165, 1.54) is 0 Å². The summed E-state index contributed by atoms with van der Waals surface area (Å²) in [7, 11) is 0. The number of anilines is 1. The first-order chi connectivity index (χ1) is 8.72. The molecule has 1 aromatic carbocycles. The number of hydrogen-bond donors (Lipinski definition) is 2. The van der Waals surface area contributed by atoms with Gasteiger partial charge in [-0.2, -0.15) is 0 Å². The van der Waals surface area contributed by atoms with Crippen LogP contribution in [0.2, 0.25) is 0 Å². The van der Waals surface area contributed by atoms with Crippen molar-refractivity contribution in [2.45, 2.75) is 19.8 Å². The molecule has 0 bridgehead atoms. The number of nitrogen functional groups attached to an aromatic ring is 1. The molecule has 0 atom stereocenters. The van der Waals surface area contributed by atoms with Gasteiger partial charge in [-0.05, 0) is 18.6 Å². The number of hydrogen-bond acceptors (Lipinski definition) is 4. The molecule has 0 unspecified atom stereocenters. The minimum Gasteiger partial charge on any atom is -0.308 e. The Labute approximate surface area is 115 Å². The summed E-state index contributed by atoms with van der Waals surface area (Å²) < 4.78 is 1.01. The van der Waals surface area contributed by atoms with Crippen molar-refractivity contribution in [3.63, 3.8) is 0 Å². The van der Waals surface area contributed by atoms with Gasteiger partial charge in [0.1, 0.15) is 5.82 Å². The minimum absolute atomic E-state index is 0.642. The fraction of sp³-hybridized carbons (Fsp3) is 0.231. The average Bonchev–Trinajstić information content (AvgIpc) is 2.39. The standard InChI is InChI=1S/C13H15BrN4/c1-2-4-11-8-12(18-15)17-13(16-11)9-5-3-6-10(14)7-9/h3,5-8H,2,4,15H2,1H3,(H,16,17,18). The zero-order chi connectivity index (χ0) is 13.0. The summed E-state index contributed by atoms with van der Waals surface area (Å²) in [4.78, 5) is 8.93. The van der Waals surface area contributed by atoms with Gasteiger partial charge in [-0.15, -0.1) is 0 Å². The van der Waals surface area contributed by atoms with Gasteiger partial charge in [0.25, 0.3) is 0 Å². The molecule has 4 nitrogen and oxygen atoms in total. The molecule has 0 spiro atoms. The lowest BCUT2D eigenvalue weighted by atomic mass is 10.2. The lowest BCUT2D eigenvalue weighted by Crippen LogP contribution is -2.10. The van der Waals surface area contributed by atoms with Crippen LogP contribution in [0.3, 0.4) is 0 Å². The molecule has 0 saturated heterocycles. The van der Waals surface area contributed by atoms with Gasteiger partial charge in [0.05, 0.1) is 0 Å². The van der Waals surface area contributed by atoms with Crippen LogP contribution in [0.15, 0.2) is 34.8 Å². The SMILES string of the molecule is CCCc1cc(NN)nc(-c2cccc(Br)c2)n1. The fourth-order valence-electron chi connectivity index (χ4n) is 1.71. The van der Waals surface area contributed by atoms with E-state index >= 15 is 0 Å². The third-order valence-corrected chi connectivity index (χ3v) is 3.01. The molecule has 5 heteroatoms. The number of halogens is 1. The van der Waals surface area contributed by atoms with E-state index < -0.39 is 0 Å². The van der Waals surface area contributed by atoms with Crippen LogP contribution >= 0.6 is 15.9 Å². The molecule has 0 radical (unpaired) electrons. The number of nitrogens with zero attached hydrogens (tertiary/aromatic N) is 2. The number of hydrazine groups is 1. The Hall–Kier alpha value is -1.46. The maximum atomic E-state index is 5.44. The molecule has 94 valence electrons. The average molecular weight is 307 g/mol. The van der Waals surface area contributed by atoms with E-state index in [9.17, 15) is 0 Å². The largest absolute Gasteiger partial charge is 0.308 e. The van der Waals surface area contributed by atoms with Crippen LogP contribution in [0.4, 0.5) is 5.82 Å². The topological polar surface area (TPSA) is 63.8 Å². The Kier molecular flexibility index (Phi) is 4.28. The van der Waals surface area contributed by atoms with E-state index in [2.05, 4.69) is 38.2 Å². The van der Waals surface area contributed by atoms with E-state index in [-0.39, 0.29) is 0 Å². The molecule has 1 aromatic heterocycles. The van der Waals surface area contributed by atoms with Gasteiger partial charge in [0.2, 0.25) is 0 Å². The quantitative estimate of drug-likeness (QED) is 0.673. The zero-order valence-electron chi connectivity index (χ0n) is 10.2. The maximum Gasteiger partial charge on any atom is 0.161 e. The van der Waals surface area contributed by atoms with Crippen molar-refractivity contribution >= 4 is 21.7 Å². The number of nitrogens with one attached hydrogen (secondary N) is 1. The second-order valence-electron chi connectivity index (χ2n) is 3.97. The van der Waals surface area contributed by atoms with Crippen molar-refractivity contribution in [1.29, 1.82) is 0 Å². The van der Waals surface area contributed by atoms with Crippen LogP contribution in [-0.2, 0) is 6.42 Å². The Morgan fingerprint density at radius 1 is 1.28 bits per heavy atom. The molecule has 0 aliphatic heterocycles. The van der Waals surface area contributed by atoms with Crippen molar-refractivity contribution < 1.29 is 0 Å². The zero-order valence-corrected chi connectivity index (χ0v) is 11.7. The fourth-order valence-corrected chi connectivity index (χ4v) is 2.11. The molecule has 0 aliphatic carbocycles. The first-order valence-corrected chi connectivity index (χ1v) is 6.62. The lowest BCUT2D eigenvalue weighted by molar-refractivity contribution is 0.875. The van der Waals surface area contributed by atoms with Crippen molar-refractivity contribution in [3.05, 3.63) is 40.5 Å². The molecule has 0 saturated carbocycles. The van der Waals surface area contributed by atoms with E-state index in [1.54, 1.807) is 0 Å². The van der Waals surface area contributed by atoms with Crippen molar-refractivity contribution in [3.8, 4) is 11.4 Å². The molecule has 18 heavy (non-hydrogen) atoms. The maximum absolute atomic E-state index is 5.44. The van der Waals surface area contributed by atoms with Gasteiger partial charge in [-0.3, -0.25) is 0 Å². The summed E-state index contributed by atoms with van der Waals surface area (Å²) in [5.41, 5.74) is 4.55. The van der Waals surface area contributed by atoms with Gasteiger partial charge >= 0.3 is 0 Å². The third kappa shape index (κ3) is 3.05. The molecule has 1 heterocycles. The van der Waals surface area contributed by atoms with Crippen molar-refractivity contribution in [2.75, 3.05) is 5.43 Å². The second kappa shape index (κ2) is 5.93. The summed E-state index contributed by atoms with van der Waals surface area (Å²) in [5.74, 6) is 6.77. The summed E-state index contributed by atoms with van der Waals surface area (Å²) in [6, 6.07) is 9.79. The van der Waals surface area contributed by atoms with Gasteiger partial charge < -0.3 is 5.43 Å². The highest BCUT2D eigenvalue weighted by molar-refractivity contribution is 9.10. The summed E-state index contributed by atoms with van der Waals surface area (Å²) in [6.07, 6.45) is 1.96. The summed E-state index contributed by atoms with van der Waals surface area (Å²) in [5, 5.41) is 0. The van der Waals surface area contributed by atoms with Crippen LogP contribution < -0.4 is 11.3 Å². The summed E-state index contributed by atoms with van der Waals surface area (Å²) in [6.45, 7) is 2.12. The van der Waals surface area contributed by atoms with Crippen LogP contribution in [0, 0.1) is 0 Å². The monoisotopic (exact) mass is 306 g/mol. The number of rotatable bonds is 4. The van der Waals surface area contributed by atoms with Gasteiger partial charge in [-0.25, -0.2) is 15.8 Å². The Morgan fingerprint density at radius 3 is 2.78 bits per heavy atom. The molecular formula is C13H15BrN4. The van der Waals surface area contributed by atoms with Crippen LogP contribution in [0.25, 0.3) is 11.4 Å². The predicted octanol–water partition coefficient (Wildman–Crippen LogP) is 3.14. The highest BCUT2D eigenvalue weighted by Gasteiger charge is 2.06. The van der Waals surface area contributed by atoms with Crippen molar-refractivity contribution in [2.24, 2.45) is 5.84 Å². The Bertz CT molecular complexity index is 542. The third-order valence-electron chi connectivity index (χ3n) is 2.52. The second-order valence-corrected chi connectivity index (χ2v) is 4.89. The highest BCUT2D eigenvalue weighted by Crippen LogP contribution is 2.21. The molecular weight excluding hydrogens is 292 g/mol. The van der Waals surface area contributed by atoms with Gasteiger partial charge in [0, 0.05) is 21.8 Å². The first-order valence-electron chi connectivity index (χ1n) is 5.83. The summed E-state index contributed by atoms with van der Waals surface area (Å²) >= 11 is 3.45. The molecule has 0 fully saturated rings. The van der Waals surface area contributed by atoms with Gasteiger partial charge in [0.15, 0.2) is 5.82 Å². The van der Waals surface area contributed by atoms with Crippen LogP contribution in [0.1, 0.15) is 19.0 Å². The molecule has 2 rings (SSSR count). The first kappa shape index (κ1) is 13.0. The number of aryl methyl sites for hydroxylation is 1. The van der Waals surface area contributed by atoms with E-state index in [0.717, 1.165) is 28.6 Å². The number of benzene rings is 1. The minimum atomic E-state index is 0.642. The molecule has 0 aliphatic rings. The van der Waals surface area contributed by atoms with E-state index in [0.29, 0.717) is 11.6 Å². The molecule has 3 N–H and O–H groups in total. The molecule has 2 aromatic rings. The molecule has 0 amide bonds. The highest BCUT2D eigenvalue weighted by atomic mass is 79.9. The van der Waals surface area contributed by atoms with E-state index in [4.69, 9.17) is 5.84 Å². The number of nitrogens with two attached hydrogens (primary N) is 1. The van der Waals surface area contributed by atoms with Crippen molar-refractivity contribution in [1.82, 2.24) is 9.97 Å². The van der Waals surface area contributed by atoms with Crippen LogP contribution in [-0.4, -0.2) is 9.97 Å². The smallest absolute Gasteiger partial charge is 0.161 e. The van der Waals surface area contributed by atoms with E-state index in [1.807, 2.05) is 30.3 Å². The van der Waals surface area contributed by atoms with Gasteiger partial charge in [-0.1, -0.05) is 41.4 Å². The number of aromatic nitrogens is 2. The predicted molar refractivity (Wildman–Crippen MR) is 77.0 cm³/mol. The van der Waals surface area contributed by atoms with Crippen LogP contribution in [0.5, 0.6) is 0 Å². The normalized spacial score (nSPS) is 10.4. The Balaban J connectivity index is 2.46. The lowest BCUT2D eigenvalue weighted by Gasteiger charge is -2.07.